The maximum atomic E-state index is 13.1. The average molecular weight is 770 g/mol. The van der Waals surface area contributed by atoms with Crippen LogP contribution in [-0.4, -0.2) is 103 Å². The van der Waals surface area contributed by atoms with Crippen LogP contribution < -0.4 is 26.0 Å². The van der Waals surface area contributed by atoms with Crippen molar-refractivity contribution < 1.29 is 61.5 Å². The van der Waals surface area contributed by atoms with Gasteiger partial charge in [0.15, 0.2) is 6.10 Å². The summed E-state index contributed by atoms with van der Waals surface area (Å²) in [7, 11) is -4.80. The molecule has 19 heteroatoms. The first-order chi connectivity index (χ1) is 25.0. The van der Waals surface area contributed by atoms with E-state index in [1.54, 1.807) is 13.1 Å². The van der Waals surface area contributed by atoms with Gasteiger partial charge >= 0.3 is 19.8 Å². The highest BCUT2D eigenvalue weighted by molar-refractivity contribution is 7.47. The van der Waals surface area contributed by atoms with Gasteiger partial charge in [-0.1, -0.05) is 33.6 Å². The standard InChI is InChI=1S/C34H52N5O13P/c1-7-9-13-48-26-10-11-29-28(16-26)25(17-36-29)15-31(43)39-32(21(3)8-2)34(45)35-12-14-50-53(46,47)51-20-30(38-22(4)40)33(44)37-18-27(52-24(6)42)19-49-23(5)41/h10-11,16-17,21,27,30,32,36H,7-9,12-15,18-20H2,1-6H3,(H,35,45)(H,37,44)(H,38,40)(H,39,43)(H,46,47)/t21-,27-,30-,32-/m0/s1. The number of benzene rings is 1. The molecule has 1 heterocycles. The summed E-state index contributed by atoms with van der Waals surface area (Å²) >= 11 is 0. The quantitative estimate of drug-likeness (QED) is 0.0507. The summed E-state index contributed by atoms with van der Waals surface area (Å²) in [5.41, 5.74) is 1.57. The van der Waals surface area contributed by atoms with Crippen LogP contribution in [0.3, 0.4) is 0 Å². The Bertz CT molecular complexity index is 1600. The molecular formula is C34H52N5O13P. The van der Waals surface area contributed by atoms with Crippen LogP contribution in [0.5, 0.6) is 5.75 Å². The fourth-order valence-electron chi connectivity index (χ4n) is 4.82. The van der Waals surface area contributed by atoms with Crippen molar-refractivity contribution in [2.75, 3.05) is 39.5 Å². The fraction of sp³-hybridized carbons (Fsp3) is 0.588. The molecule has 6 N–H and O–H groups in total. The van der Waals surface area contributed by atoms with E-state index in [0.717, 1.165) is 50.1 Å². The zero-order valence-electron chi connectivity index (χ0n) is 31.0. The summed E-state index contributed by atoms with van der Waals surface area (Å²) in [5, 5.41) is 10.9. The Morgan fingerprint density at radius 2 is 1.66 bits per heavy atom. The third kappa shape index (κ3) is 16.8. The maximum Gasteiger partial charge on any atom is 0.472 e. The molecule has 18 nitrogen and oxygen atoms in total. The molecule has 0 bridgehead atoms. The van der Waals surface area contributed by atoms with Crippen molar-refractivity contribution >= 4 is 54.3 Å². The van der Waals surface area contributed by atoms with Gasteiger partial charge in [0.25, 0.3) is 0 Å². The van der Waals surface area contributed by atoms with E-state index in [4.69, 9.17) is 23.3 Å². The number of rotatable bonds is 24. The van der Waals surface area contributed by atoms with E-state index in [1.807, 2.05) is 25.1 Å². The number of unbranched alkanes of at least 4 members (excludes halogenated alkanes) is 1. The number of H-pyrrole nitrogens is 1. The molecule has 0 fully saturated rings. The normalized spacial score (nSPS) is 14.5. The molecule has 2 rings (SSSR count). The van der Waals surface area contributed by atoms with Crippen LogP contribution in [0.2, 0.25) is 0 Å². The van der Waals surface area contributed by atoms with Gasteiger partial charge in [-0.15, -0.1) is 0 Å². The van der Waals surface area contributed by atoms with Crippen LogP contribution in [0, 0.1) is 5.92 Å². The predicted molar refractivity (Wildman–Crippen MR) is 191 cm³/mol. The van der Waals surface area contributed by atoms with Crippen LogP contribution >= 0.6 is 7.82 Å². The Morgan fingerprint density at radius 3 is 2.30 bits per heavy atom. The summed E-state index contributed by atoms with van der Waals surface area (Å²) in [6.07, 6.45) is 3.20. The molecule has 0 saturated heterocycles. The number of phosphoric ester groups is 1. The lowest BCUT2D eigenvalue weighted by Crippen LogP contribution is -2.51. The van der Waals surface area contributed by atoms with Crippen LogP contribution in [0.4, 0.5) is 0 Å². The molecule has 0 aliphatic rings. The number of amides is 4. The number of nitrogens with one attached hydrogen (secondary N) is 5. The third-order valence-corrected chi connectivity index (χ3v) is 8.72. The first-order valence-corrected chi connectivity index (χ1v) is 18.8. The summed E-state index contributed by atoms with van der Waals surface area (Å²) < 4.78 is 38.0. The molecule has 2 aromatic rings. The van der Waals surface area contributed by atoms with Crippen LogP contribution in [0.1, 0.15) is 66.4 Å². The third-order valence-electron chi connectivity index (χ3n) is 7.73. The summed E-state index contributed by atoms with van der Waals surface area (Å²) in [6.45, 7) is 7.56. The second-order valence-corrected chi connectivity index (χ2v) is 13.7. The van der Waals surface area contributed by atoms with E-state index in [0.29, 0.717) is 18.8 Å². The molecule has 1 aromatic heterocycles. The number of phosphoric acid groups is 1. The van der Waals surface area contributed by atoms with E-state index < -0.39 is 68.9 Å². The molecule has 53 heavy (non-hydrogen) atoms. The maximum absolute atomic E-state index is 13.1. The molecule has 4 amide bonds. The van der Waals surface area contributed by atoms with Gasteiger partial charge in [0, 0.05) is 44.4 Å². The minimum absolute atomic E-state index is 0.00529. The fourth-order valence-corrected chi connectivity index (χ4v) is 5.56. The Hall–Kier alpha value is -4.51. The van der Waals surface area contributed by atoms with Gasteiger partial charge in [-0.05, 0) is 36.1 Å². The van der Waals surface area contributed by atoms with Gasteiger partial charge < -0.3 is 45.4 Å². The lowest BCUT2D eigenvalue weighted by Gasteiger charge is -2.24. The topological polar surface area (TPSA) is 250 Å². The molecule has 0 radical (unpaired) electrons. The lowest BCUT2D eigenvalue weighted by atomic mass is 9.98. The Labute approximate surface area is 308 Å². The Kier molecular flexibility index (Phi) is 19.0. The van der Waals surface area contributed by atoms with Gasteiger partial charge in [-0.2, -0.15) is 0 Å². The highest BCUT2D eigenvalue weighted by Gasteiger charge is 2.29. The first kappa shape index (κ1) is 44.7. The number of carbonyl (C=O) groups excluding carboxylic acids is 6. The minimum atomic E-state index is -4.80. The zero-order valence-corrected chi connectivity index (χ0v) is 31.9. The van der Waals surface area contributed by atoms with Crippen molar-refractivity contribution in [1.29, 1.82) is 0 Å². The monoisotopic (exact) mass is 769 g/mol. The van der Waals surface area contributed by atoms with Crippen LogP contribution in [0.25, 0.3) is 10.9 Å². The lowest BCUT2D eigenvalue weighted by molar-refractivity contribution is -0.156. The molecule has 5 atom stereocenters. The Balaban J connectivity index is 1.91. The molecular weight excluding hydrogens is 717 g/mol. The molecule has 1 aromatic carbocycles. The highest BCUT2D eigenvalue weighted by atomic mass is 31.2. The van der Waals surface area contributed by atoms with E-state index in [9.17, 15) is 38.2 Å². The minimum Gasteiger partial charge on any atom is -0.494 e. The molecule has 1 unspecified atom stereocenters. The van der Waals surface area contributed by atoms with E-state index >= 15 is 0 Å². The van der Waals surface area contributed by atoms with Crippen molar-refractivity contribution in [3.8, 4) is 5.75 Å². The highest BCUT2D eigenvalue weighted by Crippen LogP contribution is 2.42. The van der Waals surface area contributed by atoms with Gasteiger partial charge in [-0.25, -0.2) is 4.57 Å². The number of aromatic amines is 1. The number of fused-ring (bicyclic) bond motifs is 1. The molecule has 0 spiro atoms. The second-order valence-electron chi connectivity index (χ2n) is 12.3. The van der Waals surface area contributed by atoms with Gasteiger partial charge in [0.05, 0.1) is 32.8 Å². The molecule has 0 aliphatic carbocycles. The average Bonchev–Trinajstić information content (AvgIpc) is 3.49. The van der Waals surface area contributed by atoms with Crippen molar-refractivity contribution in [2.24, 2.45) is 5.92 Å². The van der Waals surface area contributed by atoms with E-state index in [-0.39, 0.29) is 37.9 Å². The molecule has 296 valence electrons. The number of esters is 2. The first-order valence-electron chi connectivity index (χ1n) is 17.3. The van der Waals surface area contributed by atoms with Gasteiger partial charge in [-0.3, -0.25) is 37.8 Å². The Morgan fingerprint density at radius 1 is 0.925 bits per heavy atom. The van der Waals surface area contributed by atoms with Crippen molar-refractivity contribution in [3.05, 3.63) is 30.0 Å². The number of hydrogen-bond acceptors (Lipinski definition) is 12. The number of ether oxygens (including phenoxy) is 3. The number of aromatic nitrogens is 1. The van der Waals surface area contributed by atoms with Crippen LogP contribution in [0.15, 0.2) is 24.4 Å². The molecule has 0 aliphatic heterocycles. The van der Waals surface area contributed by atoms with E-state index in [2.05, 4.69) is 33.2 Å². The van der Waals surface area contributed by atoms with Gasteiger partial charge in [0.2, 0.25) is 23.6 Å². The predicted octanol–water partition coefficient (Wildman–Crippen LogP) is 1.79. The number of hydrogen-bond donors (Lipinski definition) is 6. The smallest absolute Gasteiger partial charge is 0.472 e. The summed E-state index contributed by atoms with van der Waals surface area (Å²) in [4.78, 5) is 86.5. The zero-order chi connectivity index (χ0) is 39.6. The summed E-state index contributed by atoms with van der Waals surface area (Å²) in [5.74, 6) is -3.32. The number of carbonyl (C=O) groups is 6. The van der Waals surface area contributed by atoms with Crippen molar-refractivity contribution in [3.63, 3.8) is 0 Å². The summed E-state index contributed by atoms with van der Waals surface area (Å²) in [6, 6.07) is 3.24. The largest absolute Gasteiger partial charge is 0.494 e. The van der Waals surface area contributed by atoms with Gasteiger partial charge in [0.1, 0.15) is 24.4 Å². The SMILES string of the molecule is CCCCOc1ccc2[nH]cc(CC(=O)N[C@H](C(=O)NCCOP(=O)(O)OC[C@H](NC(C)=O)C(=O)NC[C@@H](COC(C)=O)OC(C)=O)[C@@H](C)CC)c2c1. The molecule has 0 saturated carbocycles. The van der Waals surface area contributed by atoms with Crippen molar-refractivity contribution in [2.45, 2.75) is 85.4 Å². The van der Waals surface area contributed by atoms with Crippen molar-refractivity contribution in [1.82, 2.24) is 26.3 Å². The van der Waals surface area contributed by atoms with E-state index in [1.165, 1.54) is 0 Å². The second kappa shape index (κ2) is 22.5. The van der Waals surface area contributed by atoms with Crippen LogP contribution in [-0.2, 0) is 58.3 Å².